The smallest absolute Gasteiger partial charge is 0.326 e. The highest BCUT2D eigenvalue weighted by molar-refractivity contribution is 6.19. The van der Waals surface area contributed by atoms with Gasteiger partial charge in [-0.05, 0) is 62.3 Å². The van der Waals surface area contributed by atoms with E-state index in [2.05, 4.69) is 15.0 Å². The fraction of sp³-hybridized carbons (Fsp3) is 0.250. The van der Waals surface area contributed by atoms with Crippen molar-refractivity contribution in [2.75, 3.05) is 6.54 Å². The van der Waals surface area contributed by atoms with Gasteiger partial charge in [-0.1, -0.05) is 0 Å². The maximum absolute atomic E-state index is 12.8. The van der Waals surface area contributed by atoms with E-state index >= 15 is 0 Å². The van der Waals surface area contributed by atoms with Gasteiger partial charge in [0.25, 0.3) is 5.91 Å². The largest absolute Gasteiger partial charge is 0.459 e. The zero-order chi connectivity index (χ0) is 19.4. The van der Waals surface area contributed by atoms with Crippen LogP contribution in [0.3, 0.4) is 0 Å². The van der Waals surface area contributed by atoms with Crippen molar-refractivity contribution < 1.29 is 14.3 Å². The summed E-state index contributed by atoms with van der Waals surface area (Å²) in [7, 11) is 0. The van der Waals surface area contributed by atoms with Crippen molar-refractivity contribution in [1.29, 1.82) is 0 Å². The molecule has 0 radical (unpaired) electrons. The van der Waals surface area contributed by atoms with Crippen LogP contribution in [0.2, 0.25) is 0 Å². The van der Waals surface area contributed by atoms with E-state index in [-0.39, 0.29) is 18.1 Å². The van der Waals surface area contributed by atoms with Crippen molar-refractivity contribution in [3.8, 4) is 0 Å². The molecule has 0 saturated carbocycles. The molecule has 3 heterocycles. The second kappa shape index (κ2) is 7.49. The summed E-state index contributed by atoms with van der Waals surface area (Å²) in [5.74, 6) is -0.425. The molecule has 2 aromatic rings. The van der Waals surface area contributed by atoms with Crippen molar-refractivity contribution in [3.05, 3.63) is 59.8 Å². The van der Waals surface area contributed by atoms with Gasteiger partial charge in [-0.2, -0.15) is 0 Å². The monoisotopic (exact) mass is 366 g/mol. The summed E-state index contributed by atoms with van der Waals surface area (Å²) in [5.41, 5.74) is 1.41. The SMILES string of the molecule is CC(C)(C)OC(=O)CN1C(=O)/C(=C/c2cc[nH]c2)N=C1/C=C/c1cc[nH]c1. The molecule has 0 aliphatic carbocycles. The van der Waals surface area contributed by atoms with E-state index in [1.807, 2.05) is 24.4 Å². The summed E-state index contributed by atoms with van der Waals surface area (Å²) >= 11 is 0. The Bertz CT molecular complexity index is 898. The average molecular weight is 366 g/mol. The molecule has 2 N–H and O–H groups in total. The molecule has 0 aromatic carbocycles. The number of amidine groups is 1. The van der Waals surface area contributed by atoms with Crippen molar-refractivity contribution in [2.45, 2.75) is 26.4 Å². The Kier molecular flexibility index (Phi) is 5.12. The minimum atomic E-state index is -0.623. The number of ether oxygens (including phenoxy) is 1. The number of esters is 1. The summed E-state index contributed by atoms with van der Waals surface area (Å²) in [6, 6.07) is 3.73. The lowest BCUT2D eigenvalue weighted by molar-refractivity contribution is -0.156. The first-order valence-electron chi connectivity index (χ1n) is 8.59. The molecule has 7 heteroatoms. The second-order valence-electron chi connectivity index (χ2n) is 7.10. The fourth-order valence-corrected chi connectivity index (χ4v) is 2.55. The highest BCUT2D eigenvalue weighted by Gasteiger charge is 2.32. The normalized spacial score (nSPS) is 16.4. The first-order valence-corrected chi connectivity index (χ1v) is 8.59. The second-order valence-corrected chi connectivity index (χ2v) is 7.10. The zero-order valence-electron chi connectivity index (χ0n) is 15.5. The molecule has 1 amide bonds. The third-order valence-electron chi connectivity index (χ3n) is 3.66. The molecule has 0 fully saturated rings. The first kappa shape index (κ1) is 18.4. The number of H-pyrrole nitrogens is 2. The number of hydrogen-bond acceptors (Lipinski definition) is 4. The molecule has 7 nitrogen and oxygen atoms in total. The number of aliphatic imine (C=N–C) groups is 1. The highest BCUT2D eigenvalue weighted by atomic mass is 16.6. The number of carbonyl (C=O) groups excluding carboxylic acids is 2. The predicted octanol–water partition coefficient (Wildman–Crippen LogP) is 2.98. The van der Waals surface area contributed by atoms with Crippen LogP contribution < -0.4 is 0 Å². The fourth-order valence-electron chi connectivity index (χ4n) is 2.55. The number of amides is 1. The van der Waals surface area contributed by atoms with Crippen LogP contribution in [0.5, 0.6) is 0 Å². The molecule has 1 aliphatic heterocycles. The molecular weight excluding hydrogens is 344 g/mol. The van der Waals surface area contributed by atoms with Gasteiger partial charge in [0.15, 0.2) is 0 Å². The Balaban J connectivity index is 1.85. The quantitative estimate of drug-likeness (QED) is 0.630. The summed E-state index contributed by atoms with van der Waals surface area (Å²) in [6.45, 7) is 5.16. The topological polar surface area (TPSA) is 90.5 Å². The molecular formula is C20H22N4O3. The van der Waals surface area contributed by atoms with Crippen LogP contribution >= 0.6 is 0 Å². The van der Waals surface area contributed by atoms with Gasteiger partial charge in [-0.3, -0.25) is 14.5 Å². The molecule has 3 rings (SSSR count). The van der Waals surface area contributed by atoms with Crippen molar-refractivity contribution >= 4 is 29.9 Å². The number of aromatic amines is 2. The number of carbonyl (C=O) groups is 2. The molecule has 0 spiro atoms. The summed E-state index contributed by atoms with van der Waals surface area (Å²) < 4.78 is 5.35. The van der Waals surface area contributed by atoms with Gasteiger partial charge in [0.1, 0.15) is 23.7 Å². The Morgan fingerprint density at radius 1 is 1.15 bits per heavy atom. The van der Waals surface area contributed by atoms with Crippen LogP contribution in [-0.2, 0) is 14.3 Å². The minimum absolute atomic E-state index is 0.198. The van der Waals surface area contributed by atoms with Crippen LogP contribution in [0, 0.1) is 0 Å². The van der Waals surface area contributed by atoms with Gasteiger partial charge in [0.05, 0.1) is 0 Å². The van der Waals surface area contributed by atoms with E-state index in [4.69, 9.17) is 4.74 Å². The van der Waals surface area contributed by atoms with E-state index < -0.39 is 11.6 Å². The maximum Gasteiger partial charge on any atom is 0.326 e. The third kappa shape index (κ3) is 4.84. The number of aromatic nitrogens is 2. The lowest BCUT2D eigenvalue weighted by Gasteiger charge is -2.22. The van der Waals surface area contributed by atoms with E-state index in [1.165, 1.54) is 4.90 Å². The van der Waals surface area contributed by atoms with Crippen LogP contribution in [0.4, 0.5) is 0 Å². The minimum Gasteiger partial charge on any atom is -0.459 e. The number of hydrogen-bond donors (Lipinski definition) is 2. The van der Waals surface area contributed by atoms with E-state index in [0.29, 0.717) is 5.84 Å². The summed E-state index contributed by atoms with van der Waals surface area (Å²) in [5, 5.41) is 0. The predicted molar refractivity (Wildman–Crippen MR) is 104 cm³/mol. The van der Waals surface area contributed by atoms with Gasteiger partial charge < -0.3 is 14.7 Å². The van der Waals surface area contributed by atoms with Gasteiger partial charge >= 0.3 is 5.97 Å². The van der Waals surface area contributed by atoms with Gasteiger partial charge in [-0.15, -0.1) is 0 Å². The van der Waals surface area contributed by atoms with Gasteiger partial charge in [-0.25, -0.2) is 4.99 Å². The molecule has 0 atom stereocenters. The van der Waals surface area contributed by atoms with Gasteiger partial charge in [0.2, 0.25) is 0 Å². The standard InChI is InChI=1S/C20H22N4O3/c1-20(2,3)27-18(25)13-24-17(5-4-14-6-8-21-11-14)23-16(19(24)26)10-15-7-9-22-12-15/h4-12,21-22H,13H2,1-3H3/b5-4+,16-10-. The molecule has 0 unspecified atom stereocenters. The lowest BCUT2D eigenvalue weighted by atomic mass is 10.2. The Morgan fingerprint density at radius 2 is 1.81 bits per heavy atom. The Labute approximate surface area is 157 Å². The molecule has 1 aliphatic rings. The van der Waals surface area contributed by atoms with E-state index in [1.54, 1.807) is 51.5 Å². The lowest BCUT2D eigenvalue weighted by Crippen LogP contribution is -2.39. The maximum atomic E-state index is 12.8. The van der Waals surface area contributed by atoms with Crippen LogP contribution in [-0.4, -0.2) is 44.7 Å². The molecule has 0 bridgehead atoms. The number of nitrogens with zero attached hydrogens (tertiary/aromatic N) is 2. The molecule has 0 saturated heterocycles. The Hall–Kier alpha value is -3.35. The van der Waals surface area contributed by atoms with Crippen molar-refractivity contribution in [1.82, 2.24) is 14.9 Å². The summed E-state index contributed by atoms with van der Waals surface area (Å²) in [6.07, 6.45) is 12.4. The number of rotatable bonds is 5. The molecule has 2 aromatic heterocycles. The molecule has 140 valence electrons. The van der Waals surface area contributed by atoms with Crippen LogP contribution in [0.1, 0.15) is 31.9 Å². The third-order valence-corrected chi connectivity index (χ3v) is 3.66. The van der Waals surface area contributed by atoms with Gasteiger partial charge in [0, 0.05) is 24.8 Å². The zero-order valence-corrected chi connectivity index (χ0v) is 15.5. The number of nitrogens with one attached hydrogen (secondary N) is 2. The summed E-state index contributed by atoms with van der Waals surface area (Å²) in [4.78, 5) is 36.7. The van der Waals surface area contributed by atoms with Crippen molar-refractivity contribution in [3.63, 3.8) is 0 Å². The first-order chi connectivity index (χ1) is 12.8. The Morgan fingerprint density at radius 3 is 2.41 bits per heavy atom. The molecule has 27 heavy (non-hydrogen) atoms. The van der Waals surface area contributed by atoms with Crippen LogP contribution in [0.25, 0.3) is 12.2 Å². The van der Waals surface area contributed by atoms with Crippen LogP contribution in [0.15, 0.2) is 53.7 Å². The highest BCUT2D eigenvalue weighted by Crippen LogP contribution is 2.20. The van der Waals surface area contributed by atoms with E-state index in [0.717, 1.165) is 11.1 Å². The van der Waals surface area contributed by atoms with E-state index in [9.17, 15) is 9.59 Å². The average Bonchev–Trinajstić information content (AvgIpc) is 3.30. The van der Waals surface area contributed by atoms with Crippen molar-refractivity contribution in [2.24, 2.45) is 4.99 Å².